The number of benzene rings is 2. The molecule has 106 valence electrons. The topological polar surface area (TPSA) is 0 Å². The van der Waals surface area contributed by atoms with Gasteiger partial charge in [0.05, 0.1) is 0 Å². The minimum atomic E-state index is 0.287. The van der Waals surface area contributed by atoms with Gasteiger partial charge in [-0.05, 0) is 54.2 Å². The van der Waals surface area contributed by atoms with Gasteiger partial charge in [-0.1, -0.05) is 53.0 Å². The van der Waals surface area contributed by atoms with Crippen LogP contribution in [0, 0.1) is 5.92 Å². The van der Waals surface area contributed by atoms with Crippen LogP contribution in [0.2, 0.25) is 15.1 Å². The molecule has 2 aromatic rings. The van der Waals surface area contributed by atoms with E-state index in [0.29, 0.717) is 15.9 Å². The van der Waals surface area contributed by atoms with Gasteiger partial charge >= 0.3 is 0 Å². The second-order valence-corrected chi connectivity index (χ2v) is 6.31. The largest absolute Gasteiger partial charge is 0.126 e. The summed E-state index contributed by atoms with van der Waals surface area (Å²) in [6.07, 6.45) is 1.65. The molecule has 0 fully saturated rings. The van der Waals surface area contributed by atoms with Crippen LogP contribution in [-0.4, -0.2) is 5.88 Å². The van der Waals surface area contributed by atoms with Crippen molar-refractivity contribution in [3.05, 3.63) is 68.7 Å². The Morgan fingerprint density at radius 2 is 1.40 bits per heavy atom. The van der Waals surface area contributed by atoms with Gasteiger partial charge < -0.3 is 0 Å². The molecule has 0 saturated carbocycles. The van der Waals surface area contributed by atoms with Crippen molar-refractivity contribution in [3.8, 4) is 0 Å². The van der Waals surface area contributed by atoms with Crippen LogP contribution in [0.15, 0.2) is 42.5 Å². The van der Waals surface area contributed by atoms with E-state index in [0.717, 1.165) is 23.4 Å². The molecule has 0 aliphatic rings. The molecule has 20 heavy (non-hydrogen) atoms. The summed E-state index contributed by atoms with van der Waals surface area (Å²) >= 11 is 24.4. The van der Waals surface area contributed by atoms with Crippen molar-refractivity contribution in [2.75, 3.05) is 5.88 Å². The first kappa shape index (κ1) is 16.0. The Morgan fingerprint density at radius 3 is 1.95 bits per heavy atom. The van der Waals surface area contributed by atoms with E-state index in [9.17, 15) is 0 Å². The molecule has 0 N–H and O–H groups in total. The quantitative estimate of drug-likeness (QED) is 0.557. The minimum Gasteiger partial charge on any atom is -0.126 e. The summed E-state index contributed by atoms with van der Waals surface area (Å²) in [5, 5.41) is 2.14. The lowest BCUT2D eigenvalue weighted by molar-refractivity contribution is 0.584. The molecule has 1 unspecified atom stereocenters. The molecule has 2 rings (SSSR count). The van der Waals surface area contributed by atoms with Crippen molar-refractivity contribution >= 4 is 46.4 Å². The first-order valence-corrected chi connectivity index (χ1v) is 8.00. The molecular formula is C16H14Cl4. The lowest BCUT2D eigenvalue weighted by atomic mass is 9.94. The number of alkyl halides is 1. The summed E-state index contributed by atoms with van der Waals surface area (Å²) in [7, 11) is 0. The van der Waals surface area contributed by atoms with E-state index in [1.54, 1.807) is 0 Å². The molecule has 2 aromatic carbocycles. The van der Waals surface area contributed by atoms with Crippen molar-refractivity contribution in [2.24, 2.45) is 5.92 Å². The van der Waals surface area contributed by atoms with Gasteiger partial charge in [-0.15, -0.1) is 11.6 Å². The summed E-state index contributed by atoms with van der Waals surface area (Å²) in [6.45, 7) is 0. The SMILES string of the molecule is ClCC(Cc1ccc(Cl)cc1)Cc1c(Cl)cccc1Cl. The van der Waals surface area contributed by atoms with Crippen molar-refractivity contribution in [1.82, 2.24) is 0 Å². The Hall–Kier alpha value is -0.400. The van der Waals surface area contributed by atoms with Crippen LogP contribution >= 0.6 is 46.4 Å². The highest BCUT2D eigenvalue weighted by molar-refractivity contribution is 6.36. The molecule has 0 aliphatic heterocycles. The van der Waals surface area contributed by atoms with Gasteiger partial charge in [-0.3, -0.25) is 0 Å². The second kappa shape index (κ2) is 7.56. The monoisotopic (exact) mass is 346 g/mol. The number of hydrogen-bond acceptors (Lipinski definition) is 0. The fourth-order valence-corrected chi connectivity index (χ4v) is 3.05. The Kier molecular flexibility index (Phi) is 6.04. The molecule has 0 heterocycles. The van der Waals surface area contributed by atoms with Gasteiger partial charge in [0.2, 0.25) is 0 Å². The van der Waals surface area contributed by atoms with Crippen LogP contribution in [0.25, 0.3) is 0 Å². The minimum absolute atomic E-state index is 0.287. The van der Waals surface area contributed by atoms with E-state index in [1.165, 1.54) is 5.56 Å². The predicted octanol–water partition coefficient (Wildman–Crippen LogP) is 6.29. The number of halogens is 4. The highest BCUT2D eigenvalue weighted by atomic mass is 35.5. The van der Waals surface area contributed by atoms with Crippen LogP contribution in [0.4, 0.5) is 0 Å². The van der Waals surface area contributed by atoms with E-state index in [4.69, 9.17) is 46.4 Å². The Morgan fingerprint density at radius 1 is 0.800 bits per heavy atom. The molecule has 1 atom stereocenters. The average Bonchev–Trinajstić information content (AvgIpc) is 2.44. The first-order valence-electron chi connectivity index (χ1n) is 6.33. The molecule has 0 radical (unpaired) electrons. The zero-order valence-electron chi connectivity index (χ0n) is 10.8. The number of rotatable bonds is 5. The zero-order valence-corrected chi connectivity index (χ0v) is 13.8. The van der Waals surface area contributed by atoms with Crippen LogP contribution < -0.4 is 0 Å². The molecule has 0 amide bonds. The summed E-state index contributed by atoms with van der Waals surface area (Å²) in [4.78, 5) is 0. The van der Waals surface area contributed by atoms with E-state index in [1.807, 2.05) is 42.5 Å². The molecular weight excluding hydrogens is 334 g/mol. The maximum absolute atomic E-state index is 6.21. The molecule has 0 aliphatic carbocycles. The van der Waals surface area contributed by atoms with Crippen molar-refractivity contribution in [1.29, 1.82) is 0 Å². The Labute approximate surface area is 139 Å². The molecule has 0 aromatic heterocycles. The number of hydrogen-bond donors (Lipinski definition) is 0. The molecule has 0 spiro atoms. The molecule has 0 bridgehead atoms. The van der Waals surface area contributed by atoms with E-state index >= 15 is 0 Å². The molecule has 4 heteroatoms. The Bertz CT molecular complexity index is 543. The van der Waals surface area contributed by atoms with Crippen LogP contribution in [0.1, 0.15) is 11.1 Å². The van der Waals surface area contributed by atoms with E-state index < -0.39 is 0 Å². The fraction of sp³-hybridized carbons (Fsp3) is 0.250. The van der Waals surface area contributed by atoms with Crippen molar-refractivity contribution in [2.45, 2.75) is 12.8 Å². The van der Waals surface area contributed by atoms with Crippen molar-refractivity contribution in [3.63, 3.8) is 0 Å². The van der Waals surface area contributed by atoms with Crippen LogP contribution in [0.3, 0.4) is 0 Å². The lowest BCUT2D eigenvalue weighted by Gasteiger charge is -2.16. The van der Waals surface area contributed by atoms with E-state index in [-0.39, 0.29) is 5.92 Å². The standard InChI is InChI=1S/C16H14Cl4/c17-10-12(8-11-4-6-13(18)7-5-11)9-14-15(19)2-1-3-16(14)20/h1-7,12H,8-10H2. The molecule has 0 nitrogen and oxygen atoms in total. The Balaban J connectivity index is 2.11. The highest BCUT2D eigenvalue weighted by Crippen LogP contribution is 2.28. The fourth-order valence-electron chi connectivity index (χ4n) is 2.15. The highest BCUT2D eigenvalue weighted by Gasteiger charge is 2.14. The summed E-state index contributed by atoms with van der Waals surface area (Å²) in [6, 6.07) is 13.4. The van der Waals surface area contributed by atoms with Gasteiger partial charge in [0.25, 0.3) is 0 Å². The third kappa shape index (κ3) is 4.30. The van der Waals surface area contributed by atoms with Gasteiger partial charge in [-0.25, -0.2) is 0 Å². The van der Waals surface area contributed by atoms with Crippen molar-refractivity contribution < 1.29 is 0 Å². The first-order chi connectivity index (χ1) is 9.60. The van der Waals surface area contributed by atoms with Gasteiger partial charge in [0, 0.05) is 20.9 Å². The third-order valence-corrected chi connectivity index (χ3v) is 4.61. The summed E-state index contributed by atoms with van der Waals surface area (Å²) in [5.41, 5.74) is 2.18. The lowest BCUT2D eigenvalue weighted by Crippen LogP contribution is -2.11. The normalized spacial score (nSPS) is 12.4. The van der Waals surface area contributed by atoms with Gasteiger partial charge in [0.1, 0.15) is 0 Å². The summed E-state index contributed by atoms with van der Waals surface area (Å²) in [5.74, 6) is 0.847. The summed E-state index contributed by atoms with van der Waals surface area (Å²) < 4.78 is 0. The maximum Gasteiger partial charge on any atom is 0.0452 e. The van der Waals surface area contributed by atoms with Crippen LogP contribution in [0.5, 0.6) is 0 Å². The van der Waals surface area contributed by atoms with E-state index in [2.05, 4.69) is 0 Å². The maximum atomic E-state index is 6.21. The average molecular weight is 348 g/mol. The van der Waals surface area contributed by atoms with Gasteiger partial charge in [-0.2, -0.15) is 0 Å². The smallest absolute Gasteiger partial charge is 0.0452 e. The predicted molar refractivity (Wildman–Crippen MR) is 89.5 cm³/mol. The molecule has 0 saturated heterocycles. The zero-order chi connectivity index (χ0) is 14.5. The van der Waals surface area contributed by atoms with Crippen LogP contribution in [-0.2, 0) is 12.8 Å². The third-order valence-electron chi connectivity index (χ3n) is 3.21. The second-order valence-electron chi connectivity index (χ2n) is 4.76. The van der Waals surface area contributed by atoms with Gasteiger partial charge in [0.15, 0.2) is 0 Å².